The van der Waals surface area contributed by atoms with E-state index in [2.05, 4.69) is 13.2 Å². The third-order valence-corrected chi connectivity index (χ3v) is 2.89. The van der Waals surface area contributed by atoms with Crippen molar-refractivity contribution in [3.8, 4) is 0 Å². The molecule has 0 spiro atoms. The van der Waals surface area contributed by atoms with E-state index in [1.54, 1.807) is 0 Å². The molecule has 0 saturated heterocycles. The molecule has 0 heterocycles. The van der Waals surface area contributed by atoms with Crippen LogP contribution >= 0.6 is 7.28 Å². The molecule has 3 nitrogen and oxygen atoms in total. The van der Waals surface area contributed by atoms with Gasteiger partial charge < -0.3 is 0 Å². The van der Waals surface area contributed by atoms with Gasteiger partial charge >= 0.3 is 59.6 Å². The van der Waals surface area contributed by atoms with Crippen LogP contribution in [0.1, 0.15) is 0 Å². The summed E-state index contributed by atoms with van der Waals surface area (Å²) in [5.41, 5.74) is 0. The van der Waals surface area contributed by atoms with Crippen LogP contribution < -0.4 is 14.7 Å². The second-order valence-corrected chi connectivity index (χ2v) is 5.34. The van der Waals surface area contributed by atoms with Gasteiger partial charge in [-0.3, -0.25) is 0 Å². The topological polar surface area (TPSA) is 69.2 Å². The van der Waals surface area contributed by atoms with Gasteiger partial charge in [-0.2, -0.15) is 0 Å². The van der Waals surface area contributed by atoms with Gasteiger partial charge in [0.15, 0.2) is 0 Å². The molecule has 0 aromatic rings. The van der Waals surface area contributed by atoms with Crippen LogP contribution in [0.4, 0.5) is 0 Å². The second-order valence-electron chi connectivity index (χ2n) is 2.16. The zero-order valence-electron chi connectivity index (χ0n) is 5.66. The first-order valence-electron chi connectivity index (χ1n) is 2.81. The van der Waals surface area contributed by atoms with E-state index in [1.165, 1.54) is 0 Å². The van der Waals surface area contributed by atoms with Gasteiger partial charge in [-0.05, 0) is 0 Å². The van der Waals surface area contributed by atoms with Crippen LogP contribution in [0.5, 0.6) is 0 Å². The SMILES string of the molecule is C=CCP([O-])([O-])([O-])CC=C. The molecular weight excluding hydrogens is 151 g/mol. The zero-order valence-corrected chi connectivity index (χ0v) is 6.55. The van der Waals surface area contributed by atoms with Gasteiger partial charge in [-0.1, -0.05) is 0 Å². The third kappa shape index (κ3) is 3.75. The second kappa shape index (κ2) is 2.81. The molecule has 60 valence electrons. The molecule has 0 rings (SSSR count). The van der Waals surface area contributed by atoms with Crippen molar-refractivity contribution in [3.63, 3.8) is 0 Å². The third-order valence-electron chi connectivity index (χ3n) is 0.964. The summed E-state index contributed by atoms with van der Waals surface area (Å²) in [7, 11) is -5.15. The summed E-state index contributed by atoms with van der Waals surface area (Å²) < 4.78 is 0. The number of rotatable bonds is 4. The van der Waals surface area contributed by atoms with E-state index in [0.29, 0.717) is 0 Å². The van der Waals surface area contributed by atoms with E-state index in [0.717, 1.165) is 12.2 Å². The Bertz CT molecular complexity index is 131. The molecule has 10 heavy (non-hydrogen) atoms. The molecule has 0 saturated carbocycles. The average Bonchev–Trinajstić information content (AvgIpc) is 1.61. The first-order chi connectivity index (χ1) is 4.39. The fourth-order valence-corrected chi connectivity index (χ4v) is 1.72. The normalized spacial score (nSPS) is 15.3. The Kier molecular flexibility index (Phi) is 2.75. The van der Waals surface area contributed by atoms with Crippen LogP contribution in [0, 0.1) is 0 Å². The summed E-state index contributed by atoms with van der Waals surface area (Å²) in [6, 6.07) is 0. The Morgan fingerprint density at radius 1 is 1.00 bits per heavy atom. The predicted molar refractivity (Wildman–Crippen MR) is 37.0 cm³/mol. The minimum atomic E-state index is -5.15. The summed E-state index contributed by atoms with van der Waals surface area (Å²) in [5.74, 6) is 0. The van der Waals surface area contributed by atoms with Crippen LogP contribution in [0.2, 0.25) is 0 Å². The molecule has 0 radical (unpaired) electrons. The Hall–Kier alpha value is -0.210. The van der Waals surface area contributed by atoms with Crippen molar-refractivity contribution in [3.05, 3.63) is 25.3 Å². The molecule has 0 aliphatic heterocycles. The van der Waals surface area contributed by atoms with Gasteiger partial charge in [0.25, 0.3) is 0 Å². The van der Waals surface area contributed by atoms with Crippen molar-refractivity contribution >= 4 is 7.28 Å². The molecular formula is C6H10O3P-3. The van der Waals surface area contributed by atoms with Gasteiger partial charge in [0.05, 0.1) is 0 Å². The molecule has 0 fully saturated rings. The average molecular weight is 161 g/mol. The number of hydrogen-bond donors (Lipinski definition) is 0. The Balaban J connectivity index is 4.23. The Morgan fingerprint density at radius 3 is 1.50 bits per heavy atom. The minimum absolute atomic E-state index is 0.502. The van der Waals surface area contributed by atoms with Crippen LogP contribution in [0.3, 0.4) is 0 Å². The standard InChI is InChI=1S/C6H10O3P/c1-3-5-10(7,8,9)6-4-2/h3-4H,1-2,5-6H2/q-3. The van der Waals surface area contributed by atoms with Crippen LogP contribution in [-0.2, 0) is 0 Å². The quantitative estimate of drug-likeness (QED) is 0.381. The van der Waals surface area contributed by atoms with Gasteiger partial charge in [0.1, 0.15) is 0 Å². The van der Waals surface area contributed by atoms with Gasteiger partial charge in [-0.15, -0.1) is 0 Å². The number of allylic oxidation sites excluding steroid dienone is 2. The summed E-state index contributed by atoms with van der Waals surface area (Å²) in [4.78, 5) is 32.3. The van der Waals surface area contributed by atoms with E-state index < -0.39 is 19.6 Å². The summed E-state index contributed by atoms with van der Waals surface area (Å²) in [5, 5.41) is 0. The molecule has 0 amide bonds. The van der Waals surface area contributed by atoms with Crippen molar-refractivity contribution in [2.75, 3.05) is 12.3 Å². The zero-order chi connectivity index (χ0) is 8.28. The molecule has 0 atom stereocenters. The molecule has 0 aliphatic rings. The monoisotopic (exact) mass is 161 g/mol. The van der Waals surface area contributed by atoms with Crippen LogP contribution in [-0.4, -0.2) is 12.3 Å². The summed E-state index contributed by atoms with van der Waals surface area (Å²) in [6.07, 6.45) is 1.18. The van der Waals surface area contributed by atoms with E-state index in [-0.39, 0.29) is 0 Å². The molecule has 0 aromatic heterocycles. The molecule has 0 aliphatic carbocycles. The fraction of sp³-hybridized carbons (Fsp3) is 0.333. The molecule has 4 heteroatoms. The van der Waals surface area contributed by atoms with E-state index in [9.17, 15) is 14.7 Å². The summed E-state index contributed by atoms with van der Waals surface area (Å²) >= 11 is 0. The maximum absolute atomic E-state index is 10.8. The molecule has 0 aromatic carbocycles. The van der Waals surface area contributed by atoms with Crippen LogP contribution in [0.15, 0.2) is 25.3 Å². The van der Waals surface area contributed by atoms with Crippen molar-refractivity contribution < 1.29 is 14.7 Å². The number of hydrogen-bond acceptors (Lipinski definition) is 3. The molecule has 0 bridgehead atoms. The van der Waals surface area contributed by atoms with Crippen molar-refractivity contribution in [1.29, 1.82) is 0 Å². The van der Waals surface area contributed by atoms with Crippen LogP contribution in [0.25, 0.3) is 0 Å². The maximum atomic E-state index is 10.8. The van der Waals surface area contributed by atoms with Crippen molar-refractivity contribution in [2.45, 2.75) is 0 Å². The van der Waals surface area contributed by atoms with Gasteiger partial charge in [0, 0.05) is 0 Å². The molecule has 0 unspecified atom stereocenters. The first kappa shape index (κ1) is 9.79. The van der Waals surface area contributed by atoms with Gasteiger partial charge in [-0.25, -0.2) is 0 Å². The van der Waals surface area contributed by atoms with E-state index in [1.807, 2.05) is 0 Å². The summed E-state index contributed by atoms with van der Waals surface area (Å²) in [6.45, 7) is 6.34. The fourth-order valence-electron chi connectivity index (χ4n) is 0.573. The van der Waals surface area contributed by atoms with E-state index in [4.69, 9.17) is 0 Å². The van der Waals surface area contributed by atoms with Gasteiger partial charge in [0.2, 0.25) is 0 Å². The molecule has 0 N–H and O–H groups in total. The Morgan fingerprint density at radius 2 is 1.30 bits per heavy atom. The first-order valence-corrected chi connectivity index (χ1v) is 5.17. The van der Waals surface area contributed by atoms with Crippen molar-refractivity contribution in [2.24, 2.45) is 0 Å². The van der Waals surface area contributed by atoms with Crippen molar-refractivity contribution in [1.82, 2.24) is 0 Å². The predicted octanol–water partition coefficient (Wildman–Crippen LogP) is -1.26. The van der Waals surface area contributed by atoms with E-state index >= 15 is 0 Å². The Labute approximate surface area is 60.5 Å².